The van der Waals surface area contributed by atoms with Crippen LogP contribution >= 0.6 is 0 Å². The number of hydrogen-bond donors (Lipinski definition) is 0. The van der Waals surface area contributed by atoms with Crippen LogP contribution in [0.5, 0.6) is 0 Å². The summed E-state index contributed by atoms with van der Waals surface area (Å²) >= 11 is 0. The molecule has 0 saturated heterocycles. The fraction of sp³-hybridized carbons (Fsp3) is 0.571. The number of carbonyl (C=O) groups excluding carboxylic acids is 1. The van der Waals surface area contributed by atoms with E-state index in [1.807, 2.05) is 7.05 Å². The zero-order chi connectivity index (χ0) is 20.1. The largest absolute Gasteiger partial charge is 0.385 e. The number of amides is 1. The molecule has 7 nitrogen and oxygen atoms in total. The van der Waals surface area contributed by atoms with Gasteiger partial charge < -0.3 is 9.64 Å². The van der Waals surface area contributed by atoms with Crippen molar-refractivity contribution in [2.75, 3.05) is 20.8 Å². The van der Waals surface area contributed by atoms with Gasteiger partial charge in [0, 0.05) is 33.4 Å². The third-order valence-electron chi connectivity index (χ3n) is 5.67. The first kappa shape index (κ1) is 20.3. The Kier molecular flexibility index (Phi) is 6.67. The Morgan fingerprint density at radius 3 is 2.57 bits per heavy atom. The van der Waals surface area contributed by atoms with Gasteiger partial charge in [-0.2, -0.15) is 0 Å². The molecule has 1 saturated carbocycles. The molecule has 0 aliphatic heterocycles. The van der Waals surface area contributed by atoms with Gasteiger partial charge in [0.2, 0.25) is 5.91 Å². The van der Waals surface area contributed by atoms with Crippen LogP contribution in [0.2, 0.25) is 0 Å². The van der Waals surface area contributed by atoms with E-state index in [-0.39, 0.29) is 30.6 Å². The monoisotopic (exact) mass is 387 g/mol. The molecule has 3 rings (SSSR count). The zero-order valence-corrected chi connectivity index (χ0v) is 16.7. The molecule has 1 aliphatic rings. The minimum atomic E-state index is -0.440. The van der Waals surface area contributed by atoms with Gasteiger partial charge in [0.25, 0.3) is 5.56 Å². The number of carbonyl (C=O) groups is 1. The highest BCUT2D eigenvalue weighted by Gasteiger charge is 2.23. The summed E-state index contributed by atoms with van der Waals surface area (Å²) in [5, 5.41) is 0.452. The molecule has 1 amide bonds. The number of hydrogen-bond acceptors (Lipinski definition) is 4. The van der Waals surface area contributed by atoms with Crippen LogP contribution in [0.25, 0.3) is 10.9 Å². The standard InChI is InChI=1S/C21H29N3O4/c1-22(16-9-4-3-5-10-16)19(25)15-24-18-12-7-6-11-17(18)20(26)23(21(24)27)13-8-14-28-2/h6-7,11-12,16H,3-5,8-10,13-15H2,1-2H3. The Balaban J connectivity index is 1.96. The predicted octanol–water partition coefficient (Wildman–Crippen LogP) is 1.99. The summed E-state index contributed by atoms with van der Waals surface area (Å²) in [6.45, 7) is 0.669. The quantitative estimate of drug-likeness (QED) is 0.681. The lowest BCUT2D eigenvalue weighted by Crippen LogP contribution is -2.45. The van der Waals surface area contributed by atoms with Crippen LogP contribution in [0.3, 0.4) is 0 Å². The molecule has 0 spiro atoms. The summed E-state index contributed by atoms with van der Waals surface area (Å²) in [5.41, 5.74) is -0.253. The molecule has 2 aromatic rings. The fourth-order valence-electron chi connectivity index (χ4n) is 4.01. The molecule has 0 atom stereocenters. The number of benzene rings is 1. The molecule has 1 fully saturated rings. The second-order valence-corrected chi connectivity index (χ2v) is 7.49. The highest BCUT2D eigenvalue weighted by molar-refractivity contribution is 5.81. The molecule has 0 bridgehead atoms. The van der Waals surface area contributed by atoms with Crippen molar-refractivity contribution >= 4 is 16.8 Å². The number of rotatable bonds is 7. The maximum atomic E-state index is 13.0. The third-order valence-corrected chi connectivity index (χ3v) is 5.67. The number of para-hydroxylation sites is 1. The van der Waals surface area contributed by atoms with Crippen LogP contribution in [-0.4, -0.2) is 46.7 Å². The number of nitrogens with zero attached hydrogens (tertiary/aromatic N) is 3. The topological polar surface area (TPSA) is 73.5 Å². The van der Waals surface area contributed by atoms with Gasteiger partial charge >= 0.3 is 5.69 Å². The first-order valence-electron chi connectivity index (χ1n) is 10.0. The lowest BCUT2D eigenvalue weighted by Gasteiger charge is -2.31. The average Bonchev–Trinajstić information content (AvgIpc) is 2.73. The zero-order valence-electron chi connectivity index (χ0n) is 16.7. The van der Waals surface area contributed by atoms with Gasteiger partial charge in [0.05, 0.1) is 10.9 Å². The van der Waals surface area contributed by atoms with Gasteiger partial charge in [-0.25, -0.2) is 4.79 Å². The number of aromatic nitrogens is 2. The van der Waals surface area contributed by atoms with Crippen LogP contribution in [-0.2, 0) is 22.6 Å². The number of ether oxygens (including phenoxy) is 1. The van der Waals surface area contributed by atoms with Crippen molar-refractivity contribution in [1.29, 1.82) is 0 Å². The summed E-state index contributed by atoms with van der Waals surface area (Å²) < 4.78 is 7.69. The van der Waals surface area contributed by atoms with Gasteiger partial charge in [-0.05, 0) is 31.4 Å². The van der Waals surface area contributed by atoms with E-state index in [0.29, 0.717) is 23.9 Å². The maximum absolute atomic E-state index is 13.0. The third kappa shape index (κ3) is 4.19. The molecule has 0 radical (unpaired) electrons. The maximum Gasteiger partial charge on any atom is 0.331 e. The molecule has 1 aromatic heterocycles. The van der Waals surface area contributed by atoms with Crippen LogP contribution in [0.1, 0.15) is 38.5 Å². The van der Waals surface area contributed by atoms with Crippen LogP contribution in [0, 0.1) is 0 Å². The molecule has 1 aliphatic carbocycles. The van der Waals surface area contributed by atoms with Gasteiger partial charge in [-0.3, -0.25) is 18.7 Å². The minimum Gasteiger partial charge on any atom is -0.385 e. The Labute approximate surface area is 164 Å². The Bertz CT molecular complexity index is 941. The first-order chi connectivity index (χ1) is 13.5. The summed E-state index contributed by atoms with van der Waals surface area (Å²) in [4.78, 5) is 40.5. The lowest BCUT2D eigenvalue weighted by atomic mass is 9.94. The van der Waals surface area contributed by atoms with Crippen molar-refractivity contribution in [3.63, 3.8) is 0 Å². The van der Waals surface area contributed by atoms with Crippen LogP contribution in [0.4, 0.5) is 0 Å². The molecule has 28 heavy (non-hydrogen) atoms. The number of methoxy groups -OCH3 is 1. The molecule has 0 unspecified atom stereocenters. The Morgan fingerprint density at radius 1 is 1.14 bits per heavy atom. The lowest BCUT2D eigenvalue weighted by molar-refractivity contribution is -0.133. The second-order valence-electron chi connectivity index (χ2n) is 7.49. The minimum absolute atomic E-state index is 0.0586. The van der Waals surface area contributed by atoms with Crippen molar-refractivity contribution in [2.45, 2.75) is 57.7 Å². The van der Waals surface area contributed by atoms with Gasteiger partial charge in [0.15, 0.2) is 0 Å². The van der Waals surface area contributed by atoms with Crippen molar-refractivity contribution in [1.82, 2.24) is 14.0 Å². The molecule has 0 N–H and O–H groups in total. The van der Waals surface area contributed by atoms with E-state index in [9.17, 15) is 14.4 Å². The molecular formula is C21H29N3O4. The molecule has 7 heteroatoms. The van der Waals surface area contributed by atoms with E-state index in [2.05, 4.69) is 0 Å². The smallest absolute Gasteiger partial charge is 0.331 e. The van der Waals surface area contributed by atoms with Gasteiger partial charge in [0.1, 0.15) is 6.54 Å². The molecular weight excluding hydrogens is 358 g/mol. The van der Waals surface area contributed by atoms with E-state index < -0.39 is 5.69 Å². The Hall–Kier alpha value is -2.41. The second kappa shape index (κ2) is 9.19. The number of likely N-dealkylation sites (N-methyl/N-ethyl adjacent to an activating group) is 1. The highest BCUT2D eigenvalue weighted by atomic mass is 16.5. The fourth-order valence-corrected chi connectivity index (χ4v) is 4.01. The van der Waals surface area contributed by atoms with Gasteiger partial charge in [-0.15, -0.1) is 0 Å². The van der Waals surface area contributed by atoms with E-state index >= 15 is 0 Å². The first-order valence-corrected chi connectivity index (χ1v) is 10.0. The molecule has 152 valence electrons. The molecule has 1 aromatic carbocycles. The summed E-state index contributed by atoms with van der Waals surface area (Å²) in [7, 11) is 3.40. The van der Waals surface area contributed by atoms with Gasteiger partial charge in [-0.1, -0.05) is 31.4 Å². The summed E-state index contributed by atoms with van der Waals surface area (Å²) in [6.07, 6.45) is 6.06. The predicted molar refractivity (Wildman–Crippen MR) is 109 cm³/mol. The normalized spacial score (nSPS) is 15.1. The van der Waals surface area contributed by atoms with Crippen molar-refractivity contribution < 1.29 is 9.53 Å². The number of fused-ring (bicyclic) bond motifs is 1. The van der Waals surface area contributed by atoms with Crippen molar-refractivity contribution in [3.05, 3.63) is 45.1 Å². The van der Waals surface area contributed by atoms with E-state index in [1.165, 1.54) is 15.6 Å². The van der Waals surface area contributed by atoms with Crippen LogP contribution in [0.15, 0.2) is 33.9 Å². The van der Waals surface area contributed by atoms with Crippen LogP contribution < -0.4 is 11.2 Å². The van der Waals surface area contributed by atoms with E-state index in [0.717, 1.165) is 25.7 Å². The van der Waals surface area contributed by atoms with Crippen molar-refractivity contribution in [2.24, 2.45) is 0 Å². The SMILES string of the molecule is COCCCn1c(=O)c2ccccc2n(CC(=O)N(C)C2CCCCC2)c1=O. The summed E-state index contributed by atoms with van der Waals surface area (Å²) in [6, 6.07) is 7.22. The van der Waals surface area contributed by atoms with E-state index in [4.69, 9.17) is 4.74 Å². The van der Waals surface area contributed by atoms with E-state index in [1.54, 1.807) is 36.3 Å². The average molecular weight is 387 g/mol. The van der Waals surface area contributed by atoms with Crippen molar-refractivity contribution in [3.8, 4) is 0 Å². The highest BCUT2D eigenvalue weighted by Crippen LogP contribution is 2.22. The molecule has 1 heterocycles. The Morgan fingerprint density at radius 2 is 1.86 bits per heavy atom. The summed E-state index contributed by atoms with van der Waals surface area (Å²) in [5.74, 6) is -0.0961.